The molecule has 10 nitrogen and oxygen atoms in total. The van der Waals surface area contributed by atoms with Gasteiger partial charge in [0.05, 0.1) is 6.04 Å². The van der Waals surface area contributed by atoms with Crippen molar-refractivity contribution in [2.24, 2.45) is 16.5 Å². The van der Waals surface area contributed by atoms with E-state index in [2.05, 4.69) is 20.9 Å². The number of rotatable bonds is 12. The molecule has 2 aromatic carbocycles. The molecule has 2 aromatic rings. The highest BCUT2D eigenvalue weighted by atomic mass is 16.3. The topological polar surface area (TPSA) is 175 Å². The Morgan fingerprint density at radius 2 is 1.64 bits per heavy atom. The highest BCUT2D eigenvalue weighted by Gasteiger charge is 2.25. The van der Waals surface area contributed by atoms with Crippen LogP contribution in [0, 0.1) is 13.8 Å². The molecule has 0 bridgehead atoms. The van der Waals surface area contributed by atoms with Gasteiger partial charge in [-0.25, -0.2) is 4.99 Å². The fraction of sp³-hybridized carbons (Fsp3) is 0.423. The SMILES string of the molecule is CC(=O)NC(CNC(O)C(C)NC(=O)C(Cc1c(C)cc(O)cc1C)N=C(N)N)Cc1ccccc1. The minimum Gasteiger partial charge on any atom is -0.508 e. The Hall–Kier alpha value is -3.63. The van der Waals surface area contributed by atoms with E-state index in [-0.39, 0.29) is 30.1 Å². The summed E-state index contributed by atoms with van der Waals surface area (Å²) in [6, 6.07) is 11.1. The van der Waals surface area contributed by atoms with E-state index < -0.39 is 24.2 Å². The van der Waals surface area contributed by atoms with Gasteiger partial charge in [-0.1, -0.05) is 30.3 Å². The number of hydrogen-bond donors (Lipinski definition) is 7. The van der Waals surface area contributed by atoms with Gasteiger partial charge >= 0.3 is 0 Å². The standard InChI is InChI=1S/C26H38N6O4/c1-15-10-21(34)11-16(2)22(15)13-23(32-26(27)28)25(36)30-17(3)24(35)29-14-20(31-18(4)33)12-19-8-6-5-7-9-19/h5-11,17,20,23-24,29,34-35H,12-14H2,1-4H3,(H,30,36)(H,31,33)(H4,27,28,32). The summed E-state index contributed by atoms with van der Waals surface area (Å²) in [5, 5.41) is 29.1. The molecule has 4 atom stereocenters. The number of hydrogen-bond acceptors (Lipinski definition) is 6. The Bertz CT molecular complexity index is 1030. The largest absolute Gasteiger partial charge is 0.508 e. The molecule has 2 amide bonds. The fourth-order valence-electron chi connectivity index (χ4n) is 4.06. The van der Waals surface area contributed by atoms with Crippen molar-refractivity contribution < 1.29 is 19.8 Å². The summed E-state index contributed by atoms with van der Waals surface area (Å²) >= 11 is 0. The average molecular weight is 499 g/mol. The first-order valence-electron chi connectivity index (χ1n) is 11.9. The molecule has 0 saturated heterocycles. The molecule has 0 aliphatic rings. The molecular weight excluding hydrogens is 460 g/mol. The second kappa shape index (κ2) is 13.5. The molecular formula is C26H38N6O4. The van der Waals surface area contributed by atoms with Gasteiger partial charge in [-0.2, -0.15) is 0 Å². The lowest BCUT2D eigenvalue weighted by molar-refractivity contribution is -0.123. The Balaban J connectivity index is 2.03. The Labute approximate surface area is 212 Å². The number of nitrogens with two attached hydrogens (primary N) is 2. The normalized spacial score (nSPS) is 14.2. The Kier molecular flexibility index (Phi) is 10.7. The molecule has 0 fully saturated rings. The summed E-state index contributed by atoms with van der Waals surface area (Å²) in [4.78, 5) is 28.8. The van der Waals surface area contributed by atoms with Crippen molar-refractivity contribution in [3.05, 3.63) is 64.7 Å². The van der Waals surface area contributed by atoms with E-state index in [0.29, 0.717) is 13.0 Å². The van der Waals surface area contributed by atoms with Gasteiger partial charge in [-0.15, -0.1) is 0 Å². The number of aliphatic imine (C=N–C) groups is 1. The van der Waals surface area contributed by atoms with Crippen LogP contribution in [0.5, 0.6) is 5.75 Å². The van der Waals surface area contributed by atoms with Gasteiger partial charge in [0, 0.05) is 25.9 Å². The highest BCUT2D eigenvalue weighted by molar-refractivity contribution is 5.86. The second-order valence-electron chi connectivity index (χ2n) is 9.07. The van der Waals surface area contributed by atoms with Gasteiger partial charge in [0.25, 0.3) is 0 Å². The molecule has 0 heterocycles. The third-order valence-corrected chi connectivity index (χ3v) is 5.84. The monoisotopic (exact) mass is 498 g/mol. The van der Waals surface area contributed by atoms with Crippen LogP contribution in [0.2, 0.25) is 0 Å². The minimum atomic E-state index is -1.09. The quantitative estimate of drug-likeness (QED) is 0.125. The van der Waals surface area contributed by atoms with Crippen LogP contribution in [0.15, 0.2) is 47.5 Å². The maximum absolute atomic E-state index is 13.0. The van der Waals surface area contributed by atoms with E-state index >= 15 is 0 Å². The van der Waals surface area contributed by atoms with E-state index in [0.717, 1.165) is 22.3 Å². The van der Waals surface area contributed by atoms with E-state index in [1.54, 1.807) is 19.1 Å². The van der Waals surface area contributed by atoms with Crippen LogP contribution < -0.4 is 27.4 Å². The zero-order valence-corrected chi connectivity index (χ0v) is 21.3. The number of nitrogens with one attached hydrogen (secondary N) is 3. The molecule has 36 heavy (non-hydrogen) atoms. The average Bonchev–Trinajstić information content (AvgIpc) is 2.78. The van der Waals surface area contributed by atoms with E-state index in [1.165, 1.54) is 6.92 Å². The number of phenolic OH excluding ortho intramolecular Hbond substituents is 1. The van der Waals surface area contributed by atoms with Gasteiger partial charge in [0.15, 0.2) is 5.96 Å². The summed E-state index contributed by atoms with van der Waals surface area (Å²) in [5.41, 5.74) is 14.7. The maximum Gasteiger partial charge on any atom is 0.245 e. The first-order valence-corrected chi connectivity index (χ1v) is 11.9. The number of aliphatic hydroxyl groups excluding tert-OH is 1. The van der Waals surface area contributed by atoms with Crippen LogP contribution in [0.1, 0.15) is 36.1 Å². The minimum absolute atomic E-state index is 0.143. The van der Waals surface area contributed by atoms with Crippen LogP contribution in [-0.4, -0.2) is 58.9 Å². The van der Waals surface area contributed by atoms with Crippen molar-refractivity contribution in [3.63, 3.8) is 0 Å². The van der Waals surface area contributed by atoms with Crippen LogP contribution in [-0.2, 0) is 22.4 Å². The third kappa shape index (κ3) is 9.20. The lowest BCUT2D eigenvalue weighted by atomic mass is 9.95. The van der Waals surface area contributed by atoms with E-state index in [4.69, 9.17) is 11.5 Å². The molecule has 2 rings (SSSR count). The van der Waals surface area contributed by atoms with E-state index in [1.807, 2.05) is 44.2 Å². The van der Waals surface area contributed by atoms with Crippen molar-refractivity contribution >= 4 is 17.8 Å². The molecule has 0 aromatic heterocycles. The predicted molar refractivity (Wildman–Crippen MR) is 140 cm³/mol. The van der Waals surface area contributed by atoms with Crippen molar-refractivity contribution in [2.75, 3.05) is 6.54 Å². The van der Waals surface area contributed by atoms with E-state index in [9.17, 15) is 19.8 Å². The number of nitrogens with zero attached hydrogens (tertiary/aromatic N) is 1. The van der Waals surface area contributed by atoms with Gasteiger partial charge in [0.2, 0.25) is 11.8 Å². The number of carbonyl (C=O) groups is 2. The van der Waals surface area contributed by atoms with Gasteiger partial charge in [0.1, 0.15) is 18.0 Å². The zero-order chi connectivity index (χ0) is 26.8. The molecule has 0 spiro atoms. The molecule has 0 radical (unpaired) electrons. The fourth-order valence-corrected chi connectivity index (χ4v) is 4.06. The summed E-state index contributed by atoms with van der Waals surface area (Å²) in [5.74, 6) is -0.710. The zero-order valence-electron chi connectivity index (χ0n) is 21.3. The van der Waals surface area contributed by atoms with Crippen LogP contribution in [0.3, 0.4) is 0 Å². The van der Waals surface area contributed by atoms with Crippen LogP contribution in [0.4, 0.5) is 0 Å². The Morgan fingerprint density at radius 1 is 1.03 bits per heavy atom. The number of aromatic hydroxyl groups is 1. The molecule has 10 heteroatoms. The van der Waals surface area contributed by atoms with Crippen LogP contribution >= 0.6 is 0 Å². The number of benzene rings is 2. The number of phenols is 1. The lowest BCUT2D eigenvalue weighted by Crippen LogP contribution is -2.54. The summed E-state index contributed by atoms with van der Waals surface area (Å²) in [6.07, 6.45) is -0.281. The van der Waals surface area contributed by atoms with Crippen molar-refractivity contribution in [2.45, 2.75) is 64.9 Å². The molecule has 0 saturated carbocycles. The first-order chi connectivity index (χ1) is 17.0. The molecule has 4 unspecified atom stereocenters. The molecule has 9 N–H and O–H groups in total. The predicted octanol–water partition coefficient (Wildman–Crippen LogP) is 0.354. The Morgan fingerprint density at radius 3 is 2.19 bits per heavy atom. The summed E-state index contributed by atoms with van der Waals surface area (Å²) < 4.78 is 0. The van der Waals surface area contributed by atoms with Crippen LogP contribution in [0.25, 0.3) is 0 Å². The second-order valence-corrected chi connectivity index (χ2v) is 9.07. The summed E-state index contributed by atoms with van der Waals surface area (Å²) in [6.45, 7) is 7.06. The maximum atomic E-state index is 13.0. The van der Waals surface area contributed by atoms with Crippen molar-refractivity contribution in [1.29, 1.82) is 0 Å². The molecule has 196 valence electrons. The molecule has 0 aliphatic carbocycles. The number of guanidine groups is 1. The third-order valence-electron chi connectivity index (χ3n) is 5.84. The number of aryl methyl sites for hydroxylation is 2. The number of carbonyl (C=O) groups excluding carboxylic acids is 2. The molecule has 0 aliphatic heterocycles. The van der Waals surface area contributed by atoms with Gasteiger partial charge in [-0.3, -0.25) is 14.9 Å². The highest BCUT2D eigenvalue weighted by Crippen LogP contribution is 2.22. The number of amides is 2. The van der Waals surface area contributed by atoms with Gasteiger partial charge < -0.3 is 32.3 Å². The van der Waals surface area contributed by atoms with Crippen molar-refractivity contribution in [3.8, 4) is 5.75 Å². The van der Waals surface area contributed by atoms with Crippen molar-refractivity contribution in [1.82, 2.24) is 16.0 Å². The van der Waals surface area contributed by atoms with Gasteiger partial charge in [-0.05, 0) is 61.6 Å². The lowest BCUT2D eigenvalue weighted by Gasteiger charge is -2.26. The smallest absolute Gasteiger partial charge is 0.245 e. The number of aliphatic hydroxyl groups is 1. The summed E-state index contributed by atoms with van der Waals surface area (Å²) in [7, 11) is 0. The first kappa shape index (κ1) is 28.6.